The zero-order valence-electron chi connectivity index (χ0n) is 4.24. The minimum Gasteiger partial charge on any atom is -0.358 e. The van der Waals surface area contributed by atoms with Crippen molar-refractivity contribution in [2.45, 2.75) is 6.42 Å². The van der Waals surface area contributed by atoms with Crippen LogP contribution < -0.4 is 0 Å². The van der Waals surface area contributed by atoms with Crippen LogP contribution in [0.2, 0.25) is 0 Å². The third kappa shape index (κ3) is 3.84. The Labute approximate surface area is 55.8 Å². The quantitative estimate of drug-likeness (QED) is 0.358. The Kier molecular flexibility index (Phi) is 8.64. The van der Waals surface area contributed by atoms with Gasteiger partial charge in [0, 0.05) is 0 Å². The summed E-state index contributed by atoms with van der Waals surface area (Å²) in [7, 11) is 0. The Balaban J connectivity index is 0. The maximum atomic E-state index is 2.99. The van der Waals surface area contributed by atoms with Crippen LogP contribution in [0.5, 0.6) is 0 Å². The average molecular weight is 144 g/mol. The van der Waals surface area contributed by atoms with Gasteiger partial charge in [-0.2, -0.15) is 6.08 Å². The molecule has 0 aromatic rings. The molecule has 0 N–H and O–H groups in total. The predicted molar refractivity (Wildman–Crippen MR) is 28.0 cm³/mol. The topological polar surface area (TPSA) is 0 Å². The number of rotatable bonds is 0. The molecule has 0 amide bonds. The molecule has 0 aromatic carbocycles. The SMILES string of the molecule is [C-]1=CC=CC1.[CH3-].[Cu+2]. The van der Waals surface area contributed by atoms with Gasteiger partial charge in [0.1, 0.15) is 0 Å². The fourth-order valence-electron chi connectivity index (χ4n) is 0.340. The summed E-state index contributed by atoms with van der Waals surface area (Å²) in [6, 6.07) is 0. The number of hydrogen-bond donors (Lipinski definition) is 0. The third-order valence-electron chi connectivity index (χ3n) is 0.586. The molecule has 0 saturated carbocycles. The Morgan fingerprint density at radius 1 is 1.43 bits per heavy atom. The van der Waals surface area contributed by atoms with Crippen LogP contribution in [0.25, 0.3) is 0 Å². The normalized spacial score (nSPS) is 12.6. The summed E-state index contributed by atoms with van der Waals surface area (Å²) < 4.78 is 0. The van der Waals surface area contributed by atoms with Crippen molar-refractivity contribution >= 4 is 0 Å². The van der Waals surface area contributed by atoms with Crippen LogP contribution >= 0.6 is 0 Å². The Bertz CT molecular complexity index is 62.2. The molecule has 0 saturated heterocycles. The van der Waals surface area contributed by atoms with Crippen molar-refractivity contribution in [2.75, 3.05) is 0 Å². The molecule has 0 unspecified atom stereocenters. The zero-order chi connectivity index (χ0) is 3.54. The van der Waals surface area contributed by atoms with E-state index in [9.17, 15) is 0 Å². The van der Waals surface area contributed by atoms with E-state index in [1.54, 1.807) is 0 Å². The van der Waals surface area contributed by atoms with E-state index in [2.05, 4.69) is 12.2 Å². The van der Waals surface area contributed by atoms with Gasteiger partial charge in [-0.15, -0.1) is 6.42 Å². The molecule has 0 fully saturated rings. The molecule has 1 radical (unpaired) electrons. The summed E-state index contributed by atoms with van der Waals surface area (Å²) in [5.41, 5.74) is 0. The molecule has 1 aliphatic rings. The average Bonchev–Trinajstić information content (AvgIpc) is 1.76. The number of hydrogen-bond acceptors (Lipinski definition) is 0. The molecular formula is C6H8Cu. The van der Waals surface area contributed by atoms with Crippen molar-refractivity contribution < 1.29 is 17.1 Å². The van der Waals surface area contributed by atoms with Crippen molar-refractivity contribution in [2.24, 2.45) is 0 Å². The molecule has 0 heterocycles. The zero-order valence-corrected chi connectivity index (χ0v) is 5.18. The van der Waals surface area contributed by atoms with Crippen molar-refractivity contribution in [3.8, 4) is 0 Å². The maximum absolute atomic E-state index is 2.99. The first-order valence-electron chi connectivity index (χ1n) is 1.72. The second kappa shape index (κ2) is 6.00. The standard InChI is InChI=1S/C5H5.CH3.Cu/c1-2-4-5-3-1;;/h1-3H,4H2;1H3;/q2*-1;+2. The molecular weight excluding hydrogens is 136 g/mol. The molecule has 0 nitrogen and oxygen atoms in total. The first kappa shape index (κ1) is 10.1. The van der Waals surface area contributed by atoms with E-state index in [-0.39, 0.29) is 24.5 Å². The minimum absolute atomic E-state index is 0. The Morgan fingerprint density at radius 3 is 2.29 bits per heavy atom. The second-order valence-electron chi connectivity index (χ2n) is 1.00. The summed E-state index contributed by atoms with van der Waals surface area (Å²) >= 11 is 0. The Morgan fingerprint density at radius 2 is 2.14 bits per heavy atom. The molecule has 0 atom stereocenters. The van der Waals surface area contributed by atoms with Crippen LogP contribution in [0, 0.1) is 13.5 Å². The predicted octanol–water partition coefficient (Wildman–Crippen LogP) is 1.75. The van der Waals surface area contributed by atoms with Crippen LogP contribution in [-0.4, -0.2) is 0 Å². The first-order valence-corrected chi connectivity index (χ1v) is 1.72. The van der Waals surface area contributed by atoms with Gasteiger partial charge >= 0.3 is 17.1 Å². The molecule has 0 spiro atoms. The van der Waals surface area contributed by atoms with E-state index in [1.165, 1.54) is 0 Å². The van der Waals surface area contributed by atoms with Gasteiger partial charge in [-0.25, -0.2) is 12.2 Å². The molecule has 0 aliphatic heterocycles. The van der Waals surface area contributed by atoms with Gasteiger partial charge in [0.05, 0.1) is 0 Å². The largest absolute Gasteiger partial charge is 2.00 e. The van der Waals surface area contributed by atoms with Crippen molar-refractivity contribution in [3.63, 3.8) is 0 Å². The van der Waals surface area contributed by atoms with Gasteiger partial charge in [0.2, 0.25) is 0 Å². The first-order chi connectivity index (χ1) is 2.50. The smallest absolute Gasteiger partial charge is 0.358 e. The molecule has 43 valence electrons. The summed E-state index contributed by atoms with van der Waals surface area (Å²) in [6.45, 7) is 0. The van der Waals surface area contributed by atoms with Gasteiger partial charge in [-0.3, -0.25) is 6.08 Å². The molecule has 1 rings (SSSR count). The van der Waals surface area contributed by atoms with Crippen LogP contribution in [0.3, 0.4) is 0 Å². The summed E-state index contributed by atoms with van der Waals surface area (Å²) in [4.78, 5) is 0. The maximum Gasteiger partial charge on any atom is 2.00 e. The van der Waals surface area contributed by atoms with Crippen molar-refractivity contribution in [3.05, 3.63) is 31.7 Å². The molecule has 1 aliphatic carbocycles. The van der Waals surface area contributed by atoms with E-state index in [1.807, 2.05) is 12.2 Å². The minimum atomic E-state index is 0. The van der Waals surface area contributed by atoms with Gasteiger partial charge < -0.3 is 7.43 Å². The van der Waals surface area contributed by atoms with Crippen LogP contribution in [0.1, 0.15) is 6.42 Å². The monoisotopic (exact) mass is 143 g/mol. The molecule has 7 heavy (non-hydrogen) atoms. The van der Waals surface area contributed by atoms with Crippen molar-refractivity contribution in [1.82, 2.24) is 0 Å². The van der Waals surface area contributed by atoms with Crippen LogP contribution in [0.15, 0.2) is 18.2 Å². The van der Waals surface area contributed by atoms with Crippen molar-refractivity contribution in [1.29, 1.82) is 0 Å². The van der Waals surface area contributed by atoms with E-state index in [0.29, 0.717) is 0 Å². The van der Waals surface area contributed by atoms with Gasteiger partial charge in [-0.1, -0.05) is 0 Å². The number of allylic oxidation sites excluding steroid dienone is 4. The van der Waals surface area contributed by atoms with E-state index < -0.39 is 0 Å². The third-order valence-corrected chi connectivity index (χ3v) is 0.586. The van der Waals surface area contributed by atoms with E-state index in [0.717, 1.165) is 6.42 Å². The molecule has 0 aromatic heterocycles. The van der Waals surface area contributed by atoms with E-state index >= 15 is 0 Å². The van der Waals surface area contributed by atoms with Gasteiger partial charge in [0.15, 0.2) is 0 Å². The second-order valence-corrected chi connectivity index (χ2v) is 1.00. The van der Waals surface area contributed by atoms with Gasteiger partial charge in [0.25, 0.3) is 0 Å². The fourth-order valence-corrected chi connectivity index (χ4v) is 0.340. The van der Waals surface area contributed by atoms with Crippen LogP contribution in [-0.2, 0) is 17.1 Å². The molecule has 1 heteroatoms. The van der Waals surface area contributed by atoms with Gasteiger partial charge in [-0.05, 0) is 0 Å². The van der Waals surface area contributed by atoms with E-state index in [4.69, 9.17) is 0 Å². The summed E-state index contributed by atoms with van der Waals surface area (Å²) in [5.74, 6) is 0. The Hall–Kier alpha value is -0.000519. The summed E-state index contributed by atoms with van der Waals surface area (Å²) in [6.07, 6.45) is 10.0. The van der Waals surface area contributed by atoms with Crippen LogP contribution in [0.4, 0.5) is 0 Å². The molecule has 0 bridgehead atoms. The summed E-state index contributed by atoms with van der Waals surface area (Å²) in [5, 5.41) is 0. The fraction of sp³-hybridized carbons (Fsp3) is 0.167.